The van der Waals surface area contributed by atoms with Crippen LogP contribution in [-0.2, 0) is 4.74 Å². The summed E-state index contributed by atoms with van der Waals surface area (Å²) in [6, 6.07) is 15.7. The number of hydrogen-bond acceptors (Lipinski definition) is 5. The zero-order valence-electron chi connectivity index (χ0n) is 16.1. The minimum atomic E-state index is 0.0707. The summed E-state index contributed by atoms with van der Waals surface area (Å²) in [5.74, 6) is 1.17. The van der Waals surface area contributed by atoms with Gasteiger partial charge in [-0.25, -0.2) is 0 Å². The van der Waals surface area contributed by atoms with Gasteiger partial charge in [0.1, 0.15) is 0 Å². The van der Waals surface area contributed by atoms with Gasteiger partial charge in [0.2, 0.25) is 11.7 Å². The Bertz CT molecular complexity index is 974. The number of likely N-dealkylation sites (tertiary alicyclic amines) is 1. The number of carbonyl (C=O) groups excluding carboxylic acids is 1. The fourth-order valence-corrected chi connectivity index (χ4v) is 3.56. The van der Waals surface area contributed by atoms with Crippen molar-refractivity contribution in [1.29, 1.82) is 0 Å². The normalized spacial score (nSPS) is 15.0. The number of aryl methyl sites for hydroxylation is 1. The van der Waals surface area contributed by atoms with Crippen LogP contribution in [0.15, 0.2) is 53.1 Å². The van der Waals surface area contributed by atoms with E-state index in [4.69, 9.17) is 9.26 Å². The second-order valence-corrected chi connectivity index (χ2v) is 7.03. The summed E-state index contributed by atoms with van der Waals surface area (Å²) in [4.78, 5) is 19.1. The van der Waals surface area contributed by atoms with E-state index in [1.165, 1.54) is 0 Å². The van der Waals surface area contributed by atoms with E-state index >= 15 is 0 Å². The summed E-state index contributed by atoms with van der Waals surface area (Å²) in [5.41, 5.74) is 3.58. The standard InChI is InChI=1S/C22H23N3O3/c1-15-23-21(24-28-15)18-7-3-5-16(13-18)17-6-4-8-19(14-17)22(26)25-11-9-20(27-2)10-12-25/h3-8,13-14,20H,9-12H2,1-2H3. The molecule has 0 N–H and O–H groups in total. The highest BCUT2D eigenvalue weighted by Gasteiger charge is 2.23. The van der Waals surface area contributed by atoms with E-state index in [2.05, 4.69) is 10.1 Å². The molecule has 0 saturated carbocycles. The first-order chi connectivity index (χ1) is 13.6. The smallest absolute Gasteiger partial charge is 0.253 e. The average molecular weight is 377 g/mol. The highest BCUT2D eigenvalue weighted by Crippen LogP contribution is 2.26. The lowest BCUT2D eigenvalue weighted by Gasteiger charge is -2.31. The SMILES string of the molecule is COC1CCN(C(=O)c2cccc(-c3cccc(-c4noc(C)n4)c3)c2)CC1. The van der Waals surface area contributed by atoms with Crippen LogP contribution in [0.2, 0.25) is 0 Å². The van der Waals surface area contributed by atoms with Crippen molar-refractivity contribution in [2.75, 3.05) is 20.2 Å². The number of hydrogen-bond donors (Lipinski definition) is 0. The molecule has 0 radical (unpaired) electrons. The fourth-order valence-electron chi connectivity index (χ4n) is 3.56. The van der Waals surface area contributed by atoms with Crippen molar-refractivity contribution >= 4 is 5.91 Å². The van der Waals surface area contributed by atoms with Crippen LogP contribution in [-0.4, -0.2) is 47.3 Å². The Kier molecular flexibility index (Phi) is 5.21. The molecule has 28 heavy (non-hydrogen) atoms. The number of aromatic nitrogens is 2. The largest absolute Gasteiger partial charge is 0.381 e. The number of methoxy groups -OCH3 is 1. The fraction of sp³-hybridized carbons (Fsp3) is 0.318. The molecule has 0 spiro atoms. The molecule has 0 bridgehead atoms. The number of benzene rings is 2. The van der Waals surface area contributed by atoms with Gasteiger partial charge < -0.3 is 14.2 Å². The van der Waals surface area contributed by atoms with Gasteiger partial charge in [-0.05, 0) is 42.2 Å². The summed E-state index contributed by atoms with van der Waals surface area (Å²) in [6.07, 6.45) is 2.02. The molecule has 144 valence electrons. The van der Waals surface area contributed by atoms with Crippen molar-refractivity contribution in [3.05, 3.63) is 60.0 Å². The van der Waals surface area contributed by atoms with E-state index in [1.807, 2.05) is 53.4 Å². The van der Waals surface area contributed by atoms with Gasteiger partial charge in [-0.2, -0.15) is 4.98 Å². The minimum Gasteiger partial charge on any atom is -0.381 e. The van der Waals surface area contributed by atoms with Gasteiger partial charge in [0.05, 0.1) is 6.10 Å². The van der Waals surface area contributed by atoms with Crippen molar-refractivity contribution in [3.8, 4) is 22.5 Å². The molecule has 6 heteroatoms. The molecule has 1 saturated heterocycles. The van der Waals surface area contributed by atoms with Gasteiger partial charge in [0.15, 0.2) is 0 Å². The lowest BCUT2D eigenvalue weighted by molar-refractivity contribution is 0.0351. The first kappa shape index (κ1) is 18.4. The van der Waals surface area contributed by atoms with Gasteiger partial charge >= 0.3 is 0 Å². The monoisotopic (exact) mass is 377 g/mol. The Morgan fingerprint density at radius 3 is 2.43 bits per heavy atom. The highest BCUT2D eigenvalue weighted by atomic mass is 16.5. The maximum absolute atomic E-state index is 12.9. The van der Waals surface area contributed by atoms with Crippen LogP contribution in [0.4, 0.5) is 0 Å². The number of nitrogens with zero attached hydrogens (tertiary/aromatic N) is 3. The lowest BCUT2D eigenvalue weighted by atomic mass is 10.00. The summed E-state index contributed by atoms with van der Waals surface area (Å²) in [7, 11) is 1.73. The van der Waals surface area contributed by atoms with Crippen molar-refractivity contribution in [2.24, 2.45) is 0 Å². The first-order valence-electron chi connectivity index (χ1n) is 9.47. The highest BCUT2D eigenvalue weighted by molar-refractivity contribution is 5.95. The molecule has 2 heterocycles. The molecular weight excluding hydrogens is 354 g/mol. The molecule has 2 aromatic carbocycles. The third-order valence-corrected chi connectivity index (χ3v) is 5.15. The van der Waals surface area contributed by atoms with E-state index in [1.54, 1.807) is 14.0 Å². The number of amides is 1. The van der Waals surface area contributed by atoms with E-state index in [0.717, 1.165) is 42.6 Å². The Morgan fingerprint density at radius 2 is 1.75 bits per heavy atom. The van der Waals surface area contributed by atoms with Gasteiger partial charge in [0, 0.05) is 38.2 Å². The maximum Gasteiger partial charge on any atom is 0.253 e. The Morgan fingerprint density at radius 1 is 1.07 bits per heavy atom. The predicted octanol–water partition coefficient (Wildman–Crippen LogP) is 3.96. The molecule has 1 aliphatic heterocycles. The molecule has 0 atom stereocenters. The first-order valence-corrected chi connectivity index (χ1v) is 9.47. The number of carbonyl (C=O) groups is 1. The zero-order valence-corrected chi connectivity index (χ0v) is 16.1. The zero-order chi connectivity index (χ0) is 19.5. The van der Waals surface area contributed by atoms with Crippen molar-refractivity contribution < 1.29 is 14.1 Å². The number of piperidine rings is 1. The van der Waals surface area contributed by atoms with Crippen molar-refractivity contribution in [1.82, 2.24) is 15.0 Å². The molecule has 1 fully saturated rings. The van der Waals surface area contributed by atoms with Crippen LogP contribution in [0.25, 0.3) is 22.5 Å². The third kappa shape index (κ3) is 3.82. The molecule has 3 aromatic rings. The third-order valence-electron chi connectivity index (χ3n) is 5.15. The maximum atomic E-state index is 12.9. The molecule has 4 rings (SSSR count). The van der Waals surface area contributed by atoms with Crippen LogP contribution in [0.3, 0.4) is 0 Å². The van der Waals surface area contributed by atoms with Crippen LogP contribution in [0, 0.1) is 6.92 Å². The van der Waals surface area contributed by atoms with Crippen LogP contribution in [0.5, 0.6) is 0 Å². The molecule has 0 aliphatic carbocycles. The predicted molar refractivity (Wildman–Crippen MR) is 106 cm³/mol. The van der Waals surface area contributed by atoms with Gasteiger partial charge in [0.25, 0.3) is 5.91 Å². The number of ether oxygens (including phenoxy) is 1. The van der Waals surface area contributed by atoms with Crippen LogP contribution >= 0.6 is 0 Å². The van der Waals surface area contributed by atoms with E-state index < -0.39 is 0 Å². The molecule has 1 aliphatic rings. The van der Waals surface area contributed by atoms with E-state index in [-0.39, 0.29) is 12.0 Å². The molecular formula is C22H23N3O3. The Balaban J connectivity index is 1.56. The summed E-state index contributed by atoms with van der Waals surface area (Å²) >= 11 is 0. The van der Waals surface area contributed by atoms with E-state index in [9.17, 15) is 4.79 Å². The van der Waals surface area contributed by atoms with Gasteiger partial charge in [-0.15, -0.1) is 0 Å². The Labute approximate surface area is 164 Å². The second kappa shape index (κ2) is 7.94. The minimum absolute atomic E-state index is 0.0707. The molecule has 1 amide bonds. The van der Waals surface area contributed by atoms with Crippen LogP contribution < -0.4 is 0 Å². The quantitative estimate of drug-likeness (QED) is 0.688. The summed E-state index contributed by atoms with van der Waals surface area (Å²) in [6.45, 7) is 3.23. The summed E-state index contributed by atoms with van der Waals surface area (Å²) in [5, 5.41) is 3.98. The van der Waals surface area contributed by atoms with E-state index in [0.29, 0.717) is 17.3 Å². The number of rotatable bonds is 4. The van der Waals surface area contributed by atoms with Crippen LogP contribution in [0.1, 0.15) is 29.1 Å². The molecule has 1 aromatic heterocycles. The Hall–Kier alpha value is -2.99. The molecule has 0 unspecified atom stereocenters. The topological polar surface area (TPSA) is 68.5 Å². The second-order valence-electron chi connectivity index (χ2n) is 7.03. The van der Waals surface area contributed by atoms with Crippen molar-refractivity contribution in [3.63, 3.8) is 0 Å². The van der Waals surface area contributed by atoms with Gasteiger partial charge in [-0.3, -0.25) is 4.79 Å². The lowest BCUT2D eigenvalue weighted by Crippen LogP contribution is -2.40. The van der Waals surface area contributed by atoms with Crippen molar-refractivity contribution in [2.45, 2.75) is 25.9 Å². The summed E-state index contributed by atoms with van der Waals surface area (Å²) < 4.78 is 10.5. The van der Waals surface area contributed by atoms with Gasteiger partial charge in [-0.1, -0.05) is 35.5 Å². The molecule has 6 nitrogen and oxygen atoms in total. The average Bonchev–Trinajstić information content (AvgIpc) is 3.20.